The number of imidazole rings is 1. The zero-order valence-corrected chi connectivity index (χ0v) is 12.0. The van der Waals surface area contributed by atoms with E-state index in [4.69, 9.17) is 0 Å². The molecule has 2 aliphatic rings. The Balaban J connectivity index is 1.65. The van der Waals surface area contributed by atoms with Gasteiger partial charge in [-0.1, -0.05) is 24.3 Å². The molecule has 0 amide bonds. The molecule has 1 N–H and O–H groups in total. The van der Waals surface area contributed by atoms with Crippen molar-refractivity contribution in [3.63, 3.8) is 0 Å². The van der Waals surface area contributed by atoms with Crippen molar-refractivity contribution < 1.29 is 5.11 Å². The lowest BCUT2D eigenvalue weighted by Gasteiger charge is -2.34. The van der Waals surface area contributed by atoms with Gasteiger partial charge in [0, 0.05) is 24.2 Å². The van der Waals surface area contributed by atoms with E-state index in [0.717, 1.165) is 24.4 Å². The van der Waals surface area contributed by atoms with Gasteiger partial charge in [-0.05, 0) is 18.1 Å². The normalized spacial score (nSPS) is 25.6. The predicted octanol–water partition coefficient (Wildman–Crippen LogP) is 2.40. The van der Waals surface area contributed by atoms with Crippen molar-refractivity contribution in [3.05, 3.63) is 60.3 Å². The molecule has 1 aromatic carbocycles. The molecule has 0 saturated heterocycles. The van der Waals surface area contributed by atoms with Crippen molar-refractivity contribution in [1.82, 2.24) is 19.3 Å². The summed E-state index contributed by atoms with van der Waals surface area (Å²) in [5, 5.41) is 15.1. The molecule has 0 saturated carbocycles. The number of aromatic nitrogens is 4. The summed E-state index contributed by atoms with van der Waals surface area (Å²) in [6.07, 6.45) is 5.98. The highest BCUT2D eigenvalue weighted by atomic mass is 16.3. The molecule has 3 aromatic rings. The maximum absolute atomic E-state index is 10.9. The van der Waals surface area contributed by atoms with Crippen LogP contribution in [0.1, 0.15) is 29.8 Å². The standard InChI is InChI=1S/C17H16N4O/c22-17-13(6-8-21-14(17)5-7-19-21)16-12-4-2-1-3-11(12)15-9-18-10-20(15)16/h1-5,7,9-10,13,16-17,22H,6,8H2/t13-,16-,17-/m1/s1. The Hall–Kier alpha value is -2.40. The first-order valence-electron chi connectivity index (χ1n) is 7.65. The van der Waals surface area contributed by atoms with E-state index in [0.29, 0.717) is 0 Å². The molecule has 22 heavy (non-hydrogen) atoms. The van der Waals surface area contributed by atoms with Gasteiger partial charge in [0.15, 0.2) is 0 Å². The topological polar surface area (TPSA) is 55.9 Å². The summed E-state index contributed by atoms with van der Waals surface area (Å²) < 4.78 is 4.13. The van der Waals surface area contributed by atoms with Crippen LogP contribution >= 0.6 is 0 Å². The Bertz CT molecular complexity index is 850. The Labute approximate surface area is 127 Å². The monoisotopic (exact) mass is 292 g/mol. The second-order valence-corrected chi connectivity index (χ2v) is 6.09. The van der Waals surface area contributed by atoms with Gasteiger partial charge in [-0.3, -0.25) is 4.68 Å². The number of aliphatic hydroxyl groups excluding tert-OH is 1. The lowest BCUT2D eigenvalue weighted by molar-refractivity contribution is 0.0525. The largest absolute Gasteiger partial charge is 0.386 e. The molecule has 5 heteroatoms. The molecule has 0 bridgehead atoms. The van der Waals surface area contributed by atoms with Gasteiger partial charge in [0.1, 0.15) is 6.10 Å². The van der Waals surface area contributed by atoms with Gasteiger partial charge in [-0.25, -0.2) is 4.98 Å². The fraction of sp³-hybridized carbons (Fsp3) is 0.294. The Morgan fingerprint density at radius 2 is 2.09 bits per heavy atom. The van der Waals surface area contributed by atoms with E-state index >= 15 is 0 Å². The van der Waals surface area contributed by atoms with E-state index in [2.05, 4.69) is 38.9 Å². The van der Waals surface area contributed by atoms with Crippen LogP contribution in [-0.4, -0.2) is 24.4 Å². The molecule has 4 heterocycles. The number of fused-ring (bicyclic) bond motifs is 4. The quantitative estimate of drug-likeness (QED) is 0.749. The Morgan fingerprint density at radius 1 is 1.18 bits per heavy atom. The van der Waals surface area contributed by atoms with E-state index in [1.54, 1.807) is 6.20 Å². The number of aryl methyl sites for hydroxylation is 1. The third-order valence-corrected chi connectivity index (χ3v) is 5.06. The minimum Gasteiger partial charge on any atom is -0.386 e. The first-order valence-corrected chi connectivity index (χ1v) is 7.65. The Morgan fingerprint density at radius 3 is 3.05 bits per heavy atom. The average Bonchev–Trinajstić information content (AvgIpc) is 3.23. The van der Waals surface area contributed by atoms with Crippen LogP contribution in [0.25, 0.3) is 11.3 Å². The summed E-state index contributed by atoms with van der Waals surface area (Å²) in [6.45, 7) is 0.854. The molecule has 0 spiro atoms. The predicted molar refractivity (Wildman–Crippen MR) is 81.1 cm³/mol. The smallest absolute Gasteiger partial charge is 0.101 e. The fourth-order valence-electron chi connectivity index (χ4n) is 4.07. The SMILES string of the molecule is O[C@H]1c2ccnn2CC[C@@H]1[C@H]1c2ccccc2-c2cncn21. The van der Waals surface area contributed by atoms with Crippen LogP contribution in [0.3, 0.4) is 0 Å². The van der Waals surface area contributed by atoms with Crippen LogP contribution in [0.2, 0.25) is 0 Å². The molecule has 5 nitrogen and oxygen atoms in total. The van der Waals surface area contributed by atoms with Crippen molar-refractivity contribution in [2.45, 2.75) is 25.1 Å². The summed E-state index contributed by atoms with van der Waals surface area (Å²) in [5.41, 5.74) is 4.59. The molecule has 0 aliphatic carbocycles. The van der Waals surface area contributed by atoms with Gasteiger partial charge >= 0.3 is 0 Å². The van der Waals surface area contributed by atoms with Gasteiger partial charge in [-0.15, -0.1) is 0 Å². The number of rotatable bonds is 1. The van der Waals surface area contributed by atoms with Crippen LogP contribution in [0.15, 0.2) is 49.1 Å². The molecular formula is C17H16N4O. The van der Waals surface area contributed by atoms with Crippen molar-refractivity contribution in [2.75, 3.05) is 0 Å². The van der Waals surface area contributed by atoms with E-state index in [9.17, 15) is 5.11 Å². The number of benzene rings is 1. The van der Waals surface area contributed by atoms with Crippen molar-refractivity contribution >= 4 is 0 Å². The first-order chi connectivity index (χ1) is 10.8. The second kappa shape index (κ2) is 4.30. The zero-order valence-electron chi connectivity index (χ0n) is 12.0. The lowest BCUT2D eigenvalue weighted by Crippen LogP contribution is -2.31. The van der Waals surface area contributed by atoms with Crippen molar-refractivity contribution in [3.8, 4) is 11.3 Å². The van der Waals surface area contributed by atoms with E-state index in [1.807, 2.05) is 23.3 Å². The third kappa shape index (κ3) is 1.46. The van der Waals surface area contributed by atoms with Crippen LogP contribution in [0, 0.1) is 5.92 Å². The van der Waals surface area contributed by atoms with Crippen molar-refractivity contribution in [1.29, 1.82) is 0 Å². The second-order valence-electron chi connectivity index (χ2n) is 6.09. The van der Waals surface area contributed by atoms with Crippen molar-refractivity contribution in [2.24, 2.45) is 5.92 Å². The maximum Gasteiger partial charge on any atom is 0.101 e. The molecule has 5 rings (SSSR count). The average molecular weight is 292 g/mol. The number of hydrogen-bond acceptors (Lipinski definition) is 3. The fourth-order valence-corrected chi connectivity index (χ4v) is 4.07. The molecule has 0 unspecified atom stereocenters. The van der Waals surface area contributed by atoms with Crippen LogP contribution in [0.5, 0.6) is 0 Å². The minimum absolute atomic E-state index is 0.140. The van der Waals surface area contributed by atoms with Gasteiger partial charge in [0.05, 0.1) is 30.0 Å². The highest BCUT2D eigenvalue weighted by molar-refractivity contribution is 5.69. The molecule has 110 valence electrons. The van der Waals surface area contributed by atoms with E-state index in [1.165, 1.54) is 11.1 Å². The molecule has 2 aromatic heterocycles. The highest BCUT2D eigenvalue weighted by Crippen LogP contribution is 2.48. The molecule has 0 fully saturated rings. The summed E-state index contributed by atoms with van der Waals surface area (Å²) in [4.78, 5) is 4.31. The highest BCUT2D eigenvalue weighted by Gasteiger charge is 2.40. The number of nitrogens with zero attached hydrogens (tertiary/aromatic N) is 4. The lowest BCUT2D eigenvalue weighted by atomic mass is 9.83. The summed E-state index contributed by atoms with van der Waals surface area (Å²) >= 11 is 0. The van der Waals surface area contributed by atoms with E-state index in [-0.39, 0.29) is 12.0 Å². The van der Waals surface area contributed by atoms with Crippen LogP contribution in [-0.2, 0) is 6.54 Å². The molecule has 3 atom stereocenters. The Kier molecular flexibility index (Phi) is 2.38. The van der Waals surface area contributed by atoms with Gasteiger partial charge in [-0.2, -0.15) is 5.10 Å². The number of aliphatic hydroxyl groups is 1. The third-order valence-electron chi connectivity index (χ3n) is 5.06. The van der Waals surface area contributed by atoms with Crippen LogP contribution in [0.4, 0.5) is 0 Å². The van der Waals surface area contributed by atoms with E-state index < -0.39 is 6.10 Å². The number of hydrogen-bond donors (Lipinski definition) is 1. The summed E-state index contributed by atoms with van der Waals surface area (Å²) in [7, 11) is 0. The minimum atomic E-state index is -0.498. The molecule has 0 radical (unpaired) electrons. The molecule has 2 aliphatic heterocycles. The molecular weight excluding hydrogens is 276 g/mol. The van der Waals surface area contributed by atoms with Gasteiger partial charge in [0.25, 0.3) is 0 Å². The summed E-state index contributed by atoms with van der Waals surface area (Å²) in [6, 6.07) is 10.5. The van der Waals surface area contributed by atoms with Crippen LogP contribution < -0.4 is 0 Å². The maximum atomic E-state index is 10.9. The zero-order chi connectivity index (χ0) is 14.7. The summed E-state index contributed by atoms with van der Waals surface area (Å²) in [5.74, 6) is 0.140. The van der Waals surface area contributed by atoms with Gasteiger partial charge < -0.3 is 9.67 Å². The first kappa shape index (κ1) is 12.2. The van der Waals surface area contributed by atoms with Gasteiger partial charge in [0.2, 0.25) is 0 Å².